The van der Waals surface area contributed by atoms with Crippen molar-refractivity contribution in [3.63, 3.8) is 0 Å². The number of fused-ring (bicyclic) bond motifs is 2. The number of hydrogen-bond acceptors (Lipinski definition) is 3. The first-order valence-electron chi connectivity index (χ1n) is 7.91. The maximum atomic E-state index is 12.9. The molecule has 2 rings (SSSR count). The molecule has 0 aromatic heterocycles. The van der Waals surface area contributed by atoms with Crippen LogP contribution >= 0.6 is 0 Å². The average molecular weight is 374 g/mol. The van der Waals surface area contributed by atoms with Crippen LogP contribution in [0.25, 0.3) is 0 Å². The zero-order valence-electron chi connectivity index (χ0n) is 13.7. The molecule has 1 N–H and O–H groups in total. The number of alkyl halides is 6. The van der Waals surface area contributed by atoms with Crippen molar-refractivity contribution < 1.29 is 41.0 Å². The first-order valence-corrected chi connectivity index (χ1v) is 7.91. The van der Waals surface area contributed by atoms with Gasteiger partial charge in [0.15, 0.2) is 0 Å². The minimum absolute atomic E-state index is 0.106. The number of esters is 1. The van der Waals surface area contributed by atoms with E-state index in [4.69, 9.17) is 4.74 Å². The molecule has 9 heteroatoms. The van der Waals surface area contributed by atoms with Crippen LogP contribution < -0.4 is 0 Å². The molecule has 0 aliphatic heterocycles. The molecule has 2 fully saturated rings. The summed E-state index contributed by atoms with van der Waals surface area (Å²) in [5.41, 5.74) is -4.66. The number of carbonyl (C=O) groups is 1. The number of ether oxygens (including phenoxy) is 1. The van der Waals surface area contributed by atoms with Crippen molar-refractivity contribution in [2.75, 3.05) is 0 Å². The lowest BCUT2D eigenvalue weighted by molar-refractivity contribution is -0.373. The molecule has 2 saturated carbocycles. The van der Waals surface area contributed by atoms with Crippen molar-refractivity contribution >= 4 is 5.97 Å². The van der Waals surface area contributed by atoms with Crippen molar-refractivity contribution in [3.8, 4) is 0 Å². The lowest BCUT2D eigenvalue weighted by Gasteiger charge is -2.38. The Morgan fingerprint density at radius 2 is 1.68 bits per heavy atom. The third-order valence-electron chi connectivity index (χ3n) is 5.57. The molecule has 0 heterocycles. The topological polar surface area (TPSA) is 46.5 Å². The SMILES string of the molecule is C=C(C)C(=O)OC1CC2CC(CC(O)(C(F)(F)F)C(F)(F)F)C1[C@@H]2C. The molecule has 2 bridgehead atoms. The molecule has 0 radical (unpaired) electrons. The molecule has 0 aromatic rings. The van der Waals surface area contributed by atoms with Gasteiger partial charge in [-0.3, -0.25) is 0 Å². The molecule has 2 aliphatic carbocycles. The molecule has 0 amide bonds. The number of rotatable bonds is 4. The summed E-state index contributed by atoms with van der Waals surface area (Å²) in [6.45, 7) is 6.54. The van der Waals surface area contributed by atoms with Crippen molar-refractivity contribution in [2.24, 2.45) is 23.7 Å². The van der Waals surface area contributed by atoms with Crippen LogP contribution in [0.1, 0.15) is 33.1 Å². The summed E-state index contributed by atoms with van der Waals surface area (Å²) in [7, 11) is 0. The number of carbonyl (C=O) groups excluding carboxylic acids is 1. The van der Waals surface area contributed by atoms with E-state index in [1.165, 1.54) is 6.92 Å². The normalized spacial score (nSPS) is 32.8. The second kappa shape index (κ2) is 6.17. The second-order valence-electron chi connectivity index (χ2n) is 7.21. The van der Waals surface area contributed by atoms with E-state index in [-0.39, 0.29) is 23.8 Å². The predicted molar refractivity (Wildman–Crippen MR) is 75.2 cm³/mol. The molecule has 0 aromatic carbocycles. The molecule has 0 spiro atoms. The van der Waals surface area contributed by atoms with Crippen LogP contribution in [-0.2, 0) is 9.53 Å². The standard InChI is InChI=1S/C16H20F6O3/c1-7(2)13(23)25-11-5-9-4-10(12(11)8(9)3)6-14(24,15(17,18)19)16(20,21)22/h8-12,24H,1,4-6H2,2-3H3/t8-,9?,10?,11?,12?/m1/s1. The van der Waals surface area contributed by atoms with Crippen LogP contribution in [-0.4, -0.2) is 35.1 Å². The molecule has 25 heavy (non-hydrogen) atoms. The Hall–Kier alpha value is -1.25. The van der Waals surface area contributed by atoms with E-state index < -0.39 is 48.3 Å². The van der Waals surface area contributed by atoms with E-state index in [0.717, 1.165) is 0 Å². The summed E-state index contributed by atoms with van der Waals surface area (Å²) < 4.78 is 82.8. The van der Waals surface area contributed by atoms with Gasteiger partial charge in [-0.2, -0.15) is 26.3 Å². The van der Waals surface area contributed by atoms with Crippen LogP contribution in [0.2, 0.25) is 0 Å². The van der Waals surface area contributed by atoms with Crippen LogP contribution in [0.5, 0.6) is 0 Å². The van der Waals surface area contributed by atoms with Gasteiger partial charge >= 0.3 is 18.3 Å². The number of aliphatic hydroxyl groups is 1. The molecular formula is C16H20F6O3. The molecule has 2 aliphatic rings. The van der Waals surface area contributed by atoms with Gasteiger partial charge in [-0.25, -0.2) is 4.79 Å². The summed E-state index contributed by atoms with van der Waals surface area (Å²) in [6.07, 6.45) is -13.4. The quantitative estimate of drug-likeness (QED) is 0.460. The molecule has 0 saturated heterocycles. The summed E-state index contributed by atoms with van der Waals surface area (Å²) in [5.74, 6) is -2.72. The van der Waals surface area contributed by atoms with Crippen LogP contribution in [0.4, 0.5) is 26.3 Å². The highest BCUT2D eigenvalue weighted by Crippen LogP contribution is 2.58. The van der Waals surface area contributed by atoms with Gasteiger partial charge in [-0.1, -0.05) is 13.5 Å². The van der Waals surface area contributed by atoms with E-state index in [9.17, 15) is 36.2 Å². The van der Waals surface area contributed by atoms with E-state index >= 15 is 0 Å². The third-order valence-corrected chi connectivity index (χ3v) is 5.57. The molecule has 5 atom stereocenters. The summed E-state index contributed by atoms with van der Waals surface area (Å²) in [4.78, 5) is 11.7. The zero-order chi connectivity index (χ0) is 19.4. The van der Waals surface area contributed by atoms with Gasteiger partial charge in [0.05, 0.1) is 0 Å². The predicted octanol–water partition coefficient (Wildman–Crippen LogP) is 4.01. The van der Waals surface area contributed by atoms with Gasteiger partial charge < -0.3 is 9.84 Å². The Labute approximate surface area is 141 Å². The van der Waals surface area contributed by atoms with E-state index in [1.54, 1.807) is 6.92 Å². The average Bonchev–Trinajstić information content (AvgIpc) is 2.87. The summed E-state index contributed by atoms with van der Waals surface area (Å²) >= 11 is 0. The number of hydrogen-bond donors (Lipinski definition) is 1. The van der Waals surface area contributed by atoms with E-state index in [2.05, 4.69) is 6.58 Å². The van der Waals surface area contributed by atoms with Gasteiger partial charge in [0, 0.05) is 11.5 Å². The molecular weight excluding hydrogens is 354 g/mol. The van der Waals surface area contributed by atoms with Gasteiger partial charge in [-0.15, -0.1) is 0 Å². The fourth-order valence-electron chi connectivity index (χ4n) is 4.27. The van der Waals surface area contributed by atoms with Crippen molar-refractivity contribution in [2.45, 2.75) is 57.2 Å². The lowest BCUT2D eigenvalue weighted by atomic mass is 9.77. The number of halogens is 6. The summed E-state index contributed by atoms with van der Waals surface area (Å²) in [5, 5.41) is 9.44. The Morgan fingerprint density at radius 3 is 2.08 bits per heavy atom. The molecule has 144 valence electrons. The van der Waals surface area contributed by atoms with Crippen molar-refractivity contribution in [1.29, 1.82) is 0 Å². The fourth-order valence-corrected chi connectivity index (χ4v) is 4.27. The smallest absolute Gasteiger partial charge is 0.426 e. The third kappa shape index (κ3) is 3.39. The summed E-state index contributed by atoms with van der Waals surface area (Å²) in [6, 6.07) is 0. The molecule has 3 nitrogen and oxygen atoms in total. The lowest BCUT2D eigenvalue weighted by Crippen LogP contribution is -2.58. The monoisotopic (exact) mass is 374 g/mol. The van der Waals surface area contributed by atoms with Crippen LogP contribution in [0, 0.1) is 23.7 Å². The van der Waals surface area contributed by atoms with Gasteiger partial charge in [0.2, 0.25) is 0 Å². The van der Waals surface area contributed by atoms with Crippen LogP contribution in [0.3, 0.4) is 0 Å². The molecule has 4 unspecified atom stereocenters. The van der Waals surface area contributed by atoms with Gasteiger partial charge in [0.25, 0.3) is 5.60 Å². The van der Waals surface area contributed by atoms with Gasteiger partial charge in [0.1, 0.15) is 6.10 Å². The first kappa shape index (κ1) is 20.1. The maximum absolute atomic E-state index is 12.9. The Balaban J connectivity index is 2.22. The first-order chi connectivity index (χ1) is 11.2. The van der Waals surface area contributed by atoms with Gasteiger partial charge in [-0.05, 0) is 43.9 Å². The van der Waals surface area contributed by atoms with Crippen LogP contribution in [0.15, 0.2) is 12.2 Å². The van der Waals surface area contributed by atoms with E-state index in [0.29, 0.717) is 6.42 Å². The highest BCUT2D eigenvalue weighted by Gasteiger charge is 2.71. The zero-order valence-corrected chi connectivity index (χ0v) is 13.7. The highest BCUT2D eigenvalue weighted by atomic mass is 19.4. The Morgan fingerprint density at radius 1 is 1.16 bits per heavy atom. The second-order valence-corrected chi connectivity index (χ2v) is 7.21. The fraction of sp³-hybridized carbons (Fsp3) is 0.812. The minimum atomic E-state index is -5.83. The highest BCUT2D eigenvalue weighted by molar-refractivity contribution is 5.87. The van der Waals surface area contributed by atoms with Crippen molar-refractivity contribution in [1.82, 2.24) is 0 Å². The largest absolute Gasteiger partial charge is 0.459 e. The minimum Gasteiger partial charge on any atom is -0.459 e. The van der Waals surface area contributed by atoms with Crippen molar-refractivity contribution in [3.05, 3.63) is 12.2 Å². The maximum Gasteiger partial charge on any atom is 0.426 e. The Bertz CT molecular complexity index is 539. The van der Waals surface area contributed by atoms with E-state index in [1.807, 2.05) is 0 Å². The Kier molecular flexibility index (Phi) is 4.96.